The van der Waals surface area contributed by atoms with Gasteiger partial charge < -0.3 is 9.42 Å². The van der Waals surface area contributed by atoms with E-state index in [2.05, 4.69) is 25.2 Å². The summed E-state index contributed by atoms with van der Waals surface area (Å²) in [7, 11) is 0. The molecule has 0 unspecified atom stereocenters. The summed E-state index contributed by atoms with van der Waals surface area (Å²) in [4.78, 5) is 33.5. The second-order valence-corrected chi connectivity index (χ2v) is 7.89. The van der Waals surface area contributed by atoms with Gasteiger partial charge in [-0.05, 0) is 13.0 Å². The van der Waals surface area contributed by atoms with Crippen molar-refractivity contribution < 1.29 is 9.32 Å². The standard InChI is InChI=1S/C23H22N6O3/c1-15-6-8-16(9-7-15)21-24-19(32-27-21)14-28-10-12-29(13-11-28)23(31)20-17-4-2-3-5-18(17)22(30)26-25-20/h2-9H,10-14H2,1H3,(H,26,30). The molecule has 0 radical (unpaired) electrons. The van der Waals surface area contributed by atoms with Crippen LogP contribution in [0.4, 0.5) is 0 Å². The monoisotopic (exact) mass is 430 g/mol. The van der Waals surface area contributed by atoms with E-state index in [-0.39, 0.29) is 17.2 Å². The highest BCUT2D eigenvalue weighted by atomic mass is 16.5. The number of amides is 1. The van der Waals surface area contributed by atoms with Crippen molar-refractivity contribution in [2.75, 3.05) is 26.2 Å². The summed E-state index contributed by atoms with van der Waals surface area (Å²) in [5, 5.41) is 11.6. The highest BCUT2D eigenvalue weighted by Gasteiger charge is 2.26. The first-order valence-corrected chi connectivity index (χ1v) is 10.5. The molecule has 0 aliphatic carbocycles. The van der Waals surface area contributed by atoms with E-state index in [0.717, 1.165) is 5.56 Å². The first kappa shape index (κ1) is 20.1. The number of fused-ring (bicyclic) bond motifs is 1. The fourth-order valence-corrected chi connectivity index (χ4v) is 3.87. The molecule has 0 bridgehead atoms. The molecule has 2 aromatic carbocycles. The third-order valence-electron chi connectivity index (χ3n) is 5.69. The van der Waals surface area contributed by atoms with Gasteiger partial charge in [-0.3, -0.25) is 14.5 Å². The fraction of sp³-hybridized carbons (Fsp3) is 0.261. The van der Waals surface area contributed by atoms with Crippen molar-refractivity contribution in [1.29, 1.82) is 0 Å². The van der Waals surface area contributed by atoms with Crippen molar-refractivity contribution in [2.24, 2.45) is 0 Å². The van der Waals surface area contributed by atoms with E-state index in [1.165, 1.54) is 5.56 Å². The molecule has 1 fully saturated rings. The van der Waals surface area contributed by atoms with Gasteiger partial charge in [0, 0.05) is 37.1 Å². The fourth-order valence-electron chi connectivity index (χ4n) is 3.87. The van der Waals surface area contributed by atoms with Gasteiger partial charge in [-0.2, -0.15) is 10.1 Å². The van der Waals surface area contributed by atoms with E-state index in [1.54, 1.807) is 29.2 Å². The van der Waals surface area contributed by atoms with Crippen LogP contribution in [0, 0.1) is 6.92 Å². The lowest BCUT2D eigenvalue weighted by Crippen LogP contribution is -2.48. The number of aromatic nitrogens is 4. The Labute approximate surface area is 183 Å². The lowest BCUT2D eigenvalue weighted by atomic mass is 10.1. The predicted molar refractivity (Wildman–Crippen MR) is 118 cm³/mol. The zero-order chi connectivity index (χ0) is 22.1. The van der Waals surface area contributed by atoms with Crippen molar-refractivity contribution in [3.8, 4) is 11.4 Å². The maximum Gasteiger partial charge on any atom is 0.275 e. The minimum atomic E-state index is -0.300. The molecule has 1 aliphatic rings. The van der Waals surface area contributed by atoms with E-state index in [9.17, 15) is 9.59 Å². The average Bonchev–Trinajstić information content (AvgIpc) is 3.28. The zero-order valence-electron chi connectivity index (χ0n) is 17.6. The van der Waals surface area contributed by atoms with E-state index in [4.69, 9.17) is 4.52 Å². The number of hydrogen-bond donors (Lipinski definition) is 1. The lowest BCUT2D eigenvalue weighted by Gasteiger charge is -2.33. The van der Waals surface area contributed by atoms with Crippen LogP contribution in [0.15, 0.2) is 57.8 Å². The van der Waals surface area contributed by atoms with Gasteiger partial charge in [-0.15, -0.1) is 0 Å². The van der Waals surface area contributed by atoms with Crippen LogP contribution < -0.4 is 5.56 Å². The molecule has 0 atom stereocenters. The number of hydrogen-bond acceptors (Lipinski definition) is 7. The largest absolute Gasteiger partial charge is 0.338 e. The van der Waals surface area contributed by atoms with Gasteiger partial charge >= 0.3 is 0 Å². The molecule has 5 rings (SSSR count). The number of carbonyl (C=O) groups is 1. The Bertz CT molecular complexity index is 1320. The zero-order valence-corrected chi connectivity index (χ0v) is 17.6. The SMILES string of the molecule is Cc1ccc(-c2noc(CN3CCN(C(=O)c4n[nH]c(=O)c5ccccc45)CC3)n2)cc1. The predicted octanol–water partition coefficient (Wildman–Crippen LogP) is 2.24. The number of carbonyl (C=O) groups excluding carboxylic acids is 1. The number of benzene rings is 2. The molecule has 9 nitrogen and oxygen atoms in total. The van der Waals surface area contributed by atoms with Crippen LogP contribution in [-0.2, 0) is 6.54 Å². The third kappa shape index (κ3) is 3.90. The molecule has 2 aromatic heterocycles. The van der Waals surface area contributed by atoms with Crippen LogP contribution in [0.3, 0.4) is 0 Å². The molecule has 0 saturated carbocycles. The van der Waals surface area contributed by atoms with Gasteiger partial charge in [0.2, 0.25) is 11.7 Å². The summed E-state index contributed by atoms with van der Waals surface area (Å²) in [6, 6.07) is 15.0. The second-order valence-electron chi connectivity index (χ2n) is 7.89. The van der Waals surface area contributed by atoms with Crippen LogP contribution in [0.1, 0.15) is 21.9 Å². The minimum Gasteiger partial charge on any atom is -0.338 e. The number of aromatic amines is 1. The molecule has 1 N–H and O–H groups in total. The van der Waals surface area contributed by atoms with E-state index in [0.29, 0.717) is 55.2 Å². The molecule has 0 spiro atoms. The first-order chi connectivity index (χ1) is 15.6. The van der Waals surface area contributed by atoms with E-state index >= 15 is 0 Å². The Morgan fingerprint density at radius 3 is 2.50 bits per heavy atom. The van der Waals surface area contributed by atoms with Crippen molar-refractivity contribution in [3.63, 3.8) is 0 Å². The number of aryl methyl sites for hydroxylation is 1. The number of piperazine rings is 1. The quantitative estimate of drug-likeness (QED) is 0.529. The molecule has 162 valence electrons. The first-order valence-electron chi connectivity index (χ1n) is 10.5. The Morgan fingerprint density at radius 2 is 1.75 bits per heavy atom. The maximum atomic E-state index is 13.1. The molecule has 1 saturated heterocycles. The van der Waals surface area contributed by atoms with Crippen LogP contribution in [0.2, 0.25) is 0 Å². The molecular weight excluding hydrogens is 408 g/mol. The Balaban J connectivity index is 1.23. The Morgan fingerprint density at radius 1 is 1.03 bits per heavy atom. The van der Waals surface area contributed by atoms with Crippen molar-refractivity contribution in [1.82, 2.24) is 30.1 Å². The molecule has 3 heterocycles. The van der Waals surface area contributed by atoms with Crippen molar-refractivity contribution >= 4 is 16.7 Å². The number of H-pyrrole nitrogens is 1. The van der Waals surface area contributed by atoms with Crippen LogP contribution in [-0.4, -0.2) is 62.2 Å². The topological polar surface area (TPSA) is 108 Å². The van der Waals surface area contributed by atoms with Gasteiger partial charge in [-0.25, -0.2) is 5.10 Å². The van der Waals surface area contributed by atoms with Gasteiger partial charge in [0.1, 0.15) is 0 Å². The molecular formula is C23H22N6O3. The normalized spacial score (nSPS) is 14.7. The highest BCUT2D eigenvalue weighted by Crippen LogP contribution is 2.19. The smallest absolute Gasteiger partial charge is 0.275 e. The lowest BCUT2D eigenvalue weighted by molar-refractivity contribution is 0.0610. The third-order valence-corrected chi connectivity index (χ3v) is 5.69. The molecule has 1 amide bonds. The van der Waals surface area contributed by atoms with E-state index in [1.807, 2.05) is 31.2 Å². The second kappa shape index (κ2) is 8.35. The summed E-state index contributed by atoms with van der Waals surface area (Å²) >= 11 is 0. The number of rotatable bonds is 4. The highest BCUT2D eigenvalue weighted by molar-refractivity contribution is 6.04. The Kier molecular flexibility index (Phi) is 5.24. The summed E-state index contributed by atoms with van der Waals surface area (Å²) < 4.78 is 5.43. The van der Waals surface area contributed by atoms with Crippen LogP contribution in [0.25, 0.3) is 22.2 Å². The maximum absolute atomic E-state index is 13.1. The number of nitrogens with one attached hydrogen (secondary N) is 1. The van der Waals surface area contributed by atoms with E-state index < -0.39 is 0 Å². The molecule has 4 aromatic rings. The van der Waals surface area contributed by atoms with Crippen LogP contribution >= 0.6 is 0 Å². The van der Waals surface area contributed by atoms with Crippen LogP contribution in [0.5, 0.6) is 0 Å². The Hall–Kier alpha value is -3.85. The summed E-state index contributed by atoms with van der Waals surface area (Å²) in [6.45, 7) is 5.01. The summed E-state index contributed by atoms with van der Waals surface area (Å²) in [6.07, 6.45) is 0. The van der Waals surface area contributed by atoms with Crippen molar-refractivity contribution in [2.45, 2.75) is 13.5 Å². The van der Waals surface area contributed by atoms with Gasteiger partial charge in [0.25, 0.3) is 11.5 Å². The van der Waals surface area contributed by atoms with Crippen molar-refractivity contribution in [3.05, 3.63) is 76.0 Å². The summed E-state index contributed by atoms with van der Waals surface area (Å²) in [5.74, 6) is 0.940. The molecule has 1 aliphatic heterocycles. The average molecular weight is 430 g/mol. The molecule has 32 heavy (non-hydrogen) atoms. The van der Waals surface area contributed by atoms with Gasteiger partial charge in [0.15, 0.2) is 5.69 Å². The van der Waals surface area contributed by atoms with Gasteiger partial charge in [-0.1, -0.05) is 53.2 Å². The summed E-state index contributed by atoms with van der Waals surface area (Å²) in [5.41, 5.74) is 2.07. The minimum absolute atomic E-state index is 0.184. The number of nitrogens with zero attached hydrogens (tertiary/aromatic N) is 5. The van der Waals surface area contributed by atoms with Gasteiger partial charge in [0.05, 0.1) is 11.9 Å². The molecule has 9 heteroatoms.